The van der Waals surface area contributed by atoms with Gasteiger partial charge >= 0.3 is 11.9 Å². The number of ether oxygens (including phenoxy) is 2. The number of hydrogen-bond donors (Lipinski definition) is 2. The van der Waals surface area contributed by atoms with Gasteiger partial charge in [0.1, 0.15) is 35.0 Å². The van der Waals surface area contributed by atoms with Crippen molar-refractivity contribution < 1.29 is 33.5 Å². The second-order valence-electron chi connectivity index (χ2n) is 20.1. The number of carbonyl (C=O) groups is 4. The third-order valence-electron chi connectivity index (χ3n) is 14.4. The van der Waals surface area contributed by atoms with Crippen LogP contribution < -0.4 is 10.6 Å². The molecule has 12 nitrogen and oxygen atoms in total. The maximum Gasteiger partial charge on any atom is 0.356 e. The molecule has 412 valence electrons. The number of fused-ring (bicyclic) bond motifs is 1. The van der Waals surface area contributed by atoms with E-state index in [-0.39, 0.29) is 29.5 Å². The molecule has 2 atom stereocenters. The van der Waals surface area contributed by atoms with Crippen molar-refractivity contribution >= 4 is 57.7 Å². The number of esters is 2. The lowest BCUT2D eigenvalue weighted by Gasteiger charge is -2.49. The number of thiazole rings is 1. The molecule has 9 aromatic rings. The highest BCUT2D eigenvalue weighted by atomic mass is 32.2. The number of thioether (sulfide) groups is 1. The zero-order valence-electron chi connectivity index (χ0n) is 45.4. The minimum Gasteiger partial charge on any atom is -0.458 e. The predicted molar refractivity (Wildman–Crippen MR) is 325 cm³/mol. The second kappa shape index (κ2) is 25.0. The molecular weight excluding hydrogens is 1070 g/mol. The Morgan fingerprint density at radius 2 is 1.07 bits per heavy atom. The van der Waals surface area contributed by atoms with Crippen LogP contribution in [0.25, 0.3) is 0 Å². The Morgan fingerprint density at radius 3 is 1.52 bits per heavy atom. The van der Waals surface area contributed by atoms with Gasteiger partial charge in [-0.2, -0.15) is 0 Å². The van der Waals surface area contributed by atoms with E-state index in [0.717, 1.165) is 39.0 Å². The number of amides is 2. The second-order valence-corrected chi connectivity index (χ2v) is 22.0. The number of hydrogen-bond acceptors (Lipinski definition) is 12. The lowest BCUT2D eigenvalue weighted by Crippen LogP contribution is -2.71. The third kappa shape index (κ3) is 11.5. The number of rotatable bonds is 20. The zero-order valence-corrected chi connectivity index (χ0v) is 47.0. The van der Waals surface area contributed by atoms with Crippen molar-refractivity contribution in [1.82, 2.24) is 15.2 Å². The highest BCUT2D eigenvalue weighted by molar-refractivity contribution is 8.00. The Balaban J connectivity index is 0.988. The maximum atomic E-state index is 15.5. The Labute approximate surface area is 490 Å². The van der Waals surface area contributed by atoms with Crippen molar-refractivity contribution in [2.45, 2.75) is 42.5 Å². The van der Waals surface area contributed by atoms with Gasteiger partial charge in [-0.15, -0.1) is 23.1 Å². The molecule has 0 radical (unpaired) electrons. The van der Waals surface area contributed by atoms with Crippen LogP contribution in [0.3, 0.4) is 0 Å². The molecule has 2 amide bonds. The number of carbonyl (C=O) groups excluding carboxylic acids is 4. The topological polar surface area (TPSA) is 149 Å². The van der Waals surface area contributed by atoms with Crippen LogP contribution in [0, 0.1) is 0 Å². The maximum absolute atomic E-state index is 15.5. The summed E-state index contributed by atoms with van der Waals surface area (Å²) >= 11 is 2.60. The van der Waals surface area contributed by atoms with Crippen molar-refractivity contribution in [1.29, 1.82) is 0 Å². The molecule has 1 fully saturated rings. The van der Waals surface area contributed by atoms with Gasteiger partial charge in [-0.05, 0) is 41.7 Å². The van der Waals surface area contributed by atoms with Gasteiger partial charge in [-0.25, -0.2) is 14.6 Å². The first-order valence-corrected chi connectivity index (χ1v) is 29.0. The molecule has 2 N–H and O–H groups in total. The summed E-state index contributed by atoms with van der Waals surface area (Å²) in [6.07, 6.45) is 0.509. The first-order chi connectivity index (χ1) is 40.6. The molecule has 83 heavy (non-hydrogen) atoms. The summed E-state index contributed by atoms with van der Waals surface area (Å²) in [5.41, 5.74) is 5.10. The van der Waals surface area contributed by atoms with Crippen molar-refractivity contribution in [3.63, 3.8) is 0 Å². The minimum atomic E-state index is -1.40. The molecule has 0 bridgehead atoms. The number of anilines is 1. The standard InChI is InChI=1S/C69H57N5O7S2/c1-47(2)43-58(75)79-44-50-45-82-65-60(64(77)74(65)61(50)66(78)80-62(48-27-11-3-12-28-48)49-29-13-4-14-30-49)71-63(76)59(73-81-69(54-37-21-8-22-38-54,55-39-23-9-24-40-55)56-41-25-10-26-42-56)57-46-83-67(70-57)72-68(51-31-15-5-16-32-51,52-33-17-6-18-34-52)53-35-19-7-20-36-53/h3-43,46,60,62,65H,44-45H2,1-2H3,(H,70,72)(H,71,76)/b73-59-/t60-,65-/m1/s1. The van der Waals surface area contributed by atoms with Gasteiger partial charge in [0.15, 0.2) is 16.9 Å². The van der Waals surface area contributed by atoms with Crippen LogP contribution in [0.2, 0.25) is 0 Å². The number of allylic oxidation sites excluding steroid dienone is 1. The lowest BCUT2D eigenvalue weighted by molar-refractivity contribution is -0.154. The Kier molecular flexibility index (Phi) is 16.7. The average Bonchev–Trinajstić information content (AvgIpc) is 2.48. The van der Waals surface area contributed by atoms with Gasteiger partial charge in [0.25, 0.3) is 11.8 Å². The largest absolute Gasteiger partial charge is 0.458 e. The summed E-state index contributed by atoms with van der Waals surface area (Å²) < 4.78 is 12.1. The van der Waals surface area contributed by atoms with Crippen molar-refractivity contribution in [2.24, 2.45) is 5.16 Å². The fraction of sp³-hybridized carbons (Fsp3) is 0.130. The van der Waals surface area contributed by atoms with Gasteiger partial charge in [0.2, 0.25) is 5.60 Å². The van der Waals surface area contributed by atoms with Crippen molar-refractivity contribution in [3.8, 4) is 0 Å². The summed E-state index contributed by atoms with van der Waals surface area (Å²) in [7, 11) is 0. The fourth-order valence-corrected chi connectivity index (χ4v) is 12.6. The summed E-state index contributed by atoms with van der Waals surface area (Å²) in [5.74, 6) is -2.57. The van der Waals surface area contributed by atoms with Gasteiger partial charge in [-0.1, -0.05) is 253 Å². The number of aromatic nitrogens is 1. The molecule has 14 heteroatoms. The quantitative estimate of drug-likeness (QED) is 0.0189. The Bertz CT molecular complexity index is 3580. The van der Waals surface area contributed by atoms with E-state index in [2.05, 4.69) is 47.0 Å². The van der Waals surface area contributed by atoms with Crippen LogP contribution in [-0.4, -0.2) is 63.1 Å². The molecule has 0 unspecified atom stereocenters. The third-order valence-corrected chi connectivity index (χ3v) is 16.5. The first-order valence-electron chi connectivity index (χ1n) is 27.1. The zero-order chi connectivity index (χ0) is 57.2. The SMILES string of the molecule is CC(C)=CC(=O)OCC1=C(C(=O)OC(c2ccccc2)c2ccccc2)N2C(=O)[C@@H](NC(=O)/C(=N\OC(c3ccccc3)(c3ccccc3)c3ccccc3)c3csc(NC(c4ccccc4)(c4ccccc4)c4ccccc4)n3)[C@H]2SC1. The molecule has 0 saturated carbocycles. The number of β-lactam (4-membered cyclic amide) rings is 1. The normalized spacial score (nSPS) is 15.1. The monoisotopic (exact) mass is 1130 g/mol. The van der Waals surface area contributed by atoms with E-state index in [0.29, 0.717) is 21.8 Å². The van der Waals surface area contributed by atoms with E-state index >= 15 is 4.79 Å². The molecule has 1 aromatic heterocycles. The molecule has 2 aliphatic heterocycles. The molecule has 11 rings (SSSR count). The molecular formula is C69H57N5O7S2. The fourth-order valence-electron chi connectivity index (χ4n) is 10.6. The van der Waals surface area contributed by atoms with Crippen LogP contribution in [-0.2, 0) is 44.6 Å². The van der Waals surface area contributed by atoms with Gasteiger partial charge in [-0.3, -0.25) is 14.5 Å². The number of oxime groups is 1. The first kappa shape index (κ1) is 55.3. The number of nitrogens with one attached hydrogen (secondary N) is 2. The van der Waals surface area contributed by atoms with Crippen LogP contribution in [0.15, 0.2) is 276 Å². The van der Waals surface area contributed by atoms with E-state index in [4.69, 9.17) is 24.5 Å². The number of nitrogens with zero attached hydrogens (tertiary/aromatic N) is 3. The van der Waals surface area contributed by atoms with E-state index in [1.54, 1.807) is 19.2 Å². The van der Waals surface area contributed by atoms with E-state index in [9.17, 15) is 14.4 Å². The predicted octanol–water partition coefficient (Wildman–Crippen LogP) is 12.8. The summed E-state index contributed by atoms with van der Waals surface area (Å²) in [6.45, 7) is 3.27. The Hall–Kier alpha value is -9.63. The van der Waals surface area contributed by atoms with Crippen LogP contribution in [0.1, 0.15) is 70.2 Å². The summed E-state index contributed by atoms with van der Waals surface area (Å²) in [5, 5.41) is 13.1. The van der Waals surface area contributed by atoms with Gasteiger partial charge < -0.3 is 24.9 Å². The molecule has 2 aliphatic rings. The van der Waals surface area contributed by atoms with Gasteiger partial charge in [0.05, 0.1) is 0 Å². The molecule has 1 saturated heterocycles. The van der Waals surface area contributed by atoms with E-state index < -0.39 is 52.4 Å². The highest BCUT2D eigenvalue weighted by Crippen LogP contribution is 2.45. The van der Waals surface area contributed by atoms with Crippen LogP contribution >= 0.6 is 23.1 Å². The molecule has 0 spiro atoms. The molecule has 8 aromatic carbocycles. The Morgan fingerprint density at radius 1 is 0.639 bits per heavy atom. The van der Waals surface area contributed by atoms with Crippen LogP contribution in [0.4, 0.5) is 5.13 Å². The van der Waals surface area contributed by atoms with E-state index in [1.165, 1.54) is 34.1 Å². The highest BCUT2D eigenvalue weighted by Gasteiger charge is 2.55. The van der Waals surface area contributed by atoms with Crippen molar-refractivity contribution in [3.05, 3.63) is 321 Å². The smallest absolute Gasteiger partial charge is 0.356 e. The lowest BCUT2D eigenvalue weighted by atomic mass is 9.77. The number of benzene rings is 8. The van der Waals surface area contributed by atoms with E-state index in [1.807, 2.05) is 206 Å². The summed E-state index contributed by atoms with van der Waals surface area (Å²) in [6, 6.07) is 76.8. The van der Waals surface area contributed by atoms with Crippen LogP contribution in [0.5, 0.6) is 0 Å². The summed E-state index contributed by atoms with van der Waals surface area (Å²) in [4.78, 5) is 71.8. The van der Waals surface area contributed by atoms with Crippen molar-refractivity contribution in [2.75, 3.05) is 17.7 Å². The molecule has 0 aliphatic carbocycles. The van der Waals surface area contributed by atoms with Gasteiger partial charge in [0, 0.05) is 39.5 Å². The molecule has 3 heterocycles. The average molecular weight is 1130 g/mol. The minimum absolute atomic E-state index is 0.0596.